The van der Waals surface area contributed by atoms with Gasteiger partial charge in [0.05, 0.1) is 0 Å². The van der Waals surface area contributed by atoms with E-state index in [9.17, 15) is 9.59 Å². The summed E-state index contributed by atoms with van der Waals surface area (Å²) in [4.78, 5) is 24.1. The van der Waals surface area contributed by atoms with Gasteiger partial charge in [0.1, 0.15) is 12.6 Å². The van der Waals surface area contributed by atoms with E-state index in [1.165, 1.54) is 0 Å². The molecule has 2 N–H and O–H groups in total. The molecule has 0 radical (unpaired) electrons. The third-order valence-electron chi connectivity index (χ3n) is 3.82. The molecule has 118 valence electrons. The maximum atomic E-state index is 12.1. The lowest BCUT2D eigenvalue weighted by atomic mass is 10.0. The molecule has 23 heavy (non-hydrogen) atoms. The molecule has 1 atom stereocenters. The van der Waals surface area contributed by atoms with E-state index in [0.29, 0.717) is 13.0 Å². The smallest absolute Gasteiger partial charge is 0.408 e. The number of nitrogens with one attached hydrogen (secondary N) is 2. The van der Waals surface area contributed by atoms with Gasteiger partial charge in [-0.15, -0.1) is 0 Å². The van der Waals surface area contributed by atoms with Gasteiger partial charge >= 0.3 is 6.09 Å². The summed E-state index contributed by atoms with van der Waals surface area (Å²) in [5.74, 6) is -0.196. The number of hydrogen-bond acceptors (Lipinski definition) is 3. The first-order chi connectivity index (χ1) is 11.2. The van der Waals surface area contributed by atoms with E-state index in [1.54, 1.807) is 0 Å². The van der Waals surface area contributed by atoms with Crippen LogP contribution in [0.2, 0.25) is 0 Å². The Morgan fingerprint density at radius 1 is 1.09 bits per heavy atom. The molecule has 3 rings (SSSR count). The van der Waals surface area contributed by atoms with Gasteiger partial charge in [0.25, 0.3) is 0 Å². The summed E-state index contributed by atoms with van der Waals surface area (Å²) < 4.78 is 5.18. The molecule has 2 aromatic carbocycles. The zero-order chi connectivity index (χ0) is 16.1. The quantitative estimate of drug-likeness (QED) is 0.913. The number of benzene rings is 2. The highest BCUT2D eigenvalue weighted by molar-refractivity contribution is 5.86. The van der Waals surface area contributed by atoms with Crippen LogP contribution in [0.25, 0.3) is 0 Å². The summed E-state index contributed by atoms with van der Waals surface area (Å²) in [6.45, 7) is 0.657. The average molecular weight is 310 g/mol. The van der Waals surface area contributed by atoms with Gasteiger partial charge in [-0.25, -0.2) is 4.79 Å². The minimum absolute atomic E-state index is 0.178. The topological polar surface area (TPSA) is 67.4 Å². The largest absolute Gasteiger partial charge is 0.445 e. The van der Waals surface area contributed by atoms with Gasteiger partial charge in [-0.3, -0.25) is 4.79 Å². The standard InChI is InChI=1S/C18H18N2O3/c21-17-16(10-14-8-4-5-9-15(14)11-19-17)20-18(22)23-12-13-6-2-1-3-7-13/h1-9,16H,10-12H2,(H,19,21)(H,20,22). The van der Waals surface area contributed by atoms with E-state index in [0.717, 1.165) is 16.7 Å². The maximum Gasteiger partial charge on any atom is 0.408 e. The molecule has 2 aromatic rings. The number of ether oxygens (including phenoxy) is 1. The molecule has 5 heteroatoms. The number of amides is 2. The number of carbonyl (C=O) groups is 2. The van der Waals surface area contributed by atoms with E-state index in [4.69, 9.17) is 4.74 Å². The second-order valence-electron chi connectivity index (χ2n) is 5.45. The van der Waals surface area contributed by atoms with E-state index >= 15 is 0 Å². The molecule has 0 spiro atoms. The molecule has 5 nitrogen and oxygen atoms in total. The predicted octanol–water partition coefficient (Wildman–Crippen LogP) is 2.15. The monoisotopic (exact) mass is 310 g/mol. The highest BCUT2D eigenvalue weighted by atomic mass is 16.5. The molecule has 1 heterocycles. The zero-order valence-electron chi connectivity index (χ0n) is 12.6. The Morgan fingerprint density at radius 2 is 1.78 bits per heavy atom. The average Bonchev–Trinajstić information content (AvgIpc) is 2.74. The second kappa shape index (κ2) is 6.96. The van der Waals surface area contributed by atoms with Crippen LogP contribution in [0.15, 0.2) is 54.6 Å². The van der Waals surface area contributed by atoms with Crippen LogP contribution in [0, 0.1) is 0 Å². The molecule has 0 aromatic heterocycles. The molecule has 0 saturated heterocycles. The van der Waals surface area contributed by atoms with Crippen molar-refractivity contribution >= 4 is 12.0 Å². The minimum Gasteiger partial charge on any atom is -0.445 e. The summed E-state index contributed by atoms with van der Waals surface area (Å²) in [7, 11) is 0. The first-order valence-electron chi connectivity index (χ1n) is 7.54. The van der Waals surface area contributed by atoms with Gasteiger partial charge in [-0.1, -0.05) is 54.6 Å². The second-order valence-corrected chi connectivity index (χ2v) is 5.45. The van der Waals surface area contributed by atoms with Crippen LogP contribution in [-0.2, 0) is 29.1 Å². The summed E-state index contributed by atoms with van der Waals surface area (Å²) in [6.07, 6.45) is -0.129. The number of rotatable bonds is 3. The Kier molecular flexibility index (Phi) is 4.57. The van der Waals surface area contributed by atoms with Crippen molar-refractivity contribution in [3.8, 4) is 0 Å². The Morgan fingerprint density at radius 3 is 2.57 bits per heavy atom. The van der Waals surface area contributed by atoms with Crippen LogP contribution < -0.4 is 10.6 Å². The van der Waals surface area contributed by atoms with Crippen LogP contribution in [0.3, 0.4) is 0 Å². The molecule has 1 aliphatic heterocycles. The lowest BCUT2D eigenvalue weighted by Crippen LogP contribution is -2.46. The molecular formula is C18H18N2O3. The molecule has 0 fully saturated rings. The number of hydrogen-bond donors (Lipinski definition) is 2. The van der Waals surface area contributed by atoms with Gasteiger partial charge in [-0.2, -0.15) is 0 Å². The Hall–Kier alpha value is -2.82. The Balaban J connectivity index is 1.60. The lowest BCUT2D eigenvalue weighted by molar-refractivity contribution is -0.123. The highest BCUT2D eigenvalue weighted by Gasteiger charge is 2.25. The van der Waals surface area contributed by atoms with Crippen molar-refractivity contribution in [1.82, 2.24) is 10.6 Å². The molecule has 1 unspecified atom stereocenters. The Bertz CT molecular complexity index is 700. The zero-order valence-corrected chi connectivity index (χ0v) is 12.6. The molecular weight excluding hydrogens is 292 g/mol. The van der Waals surface area contributed by atoms with Crippen molar-refractivity contribution in [1.29, 1.82) is 0 Å². The molecule has 0 aliphatic carbocycles. The minimum atomic E-state index is -0.623. The fourth-order valence-corrected chi connectivity index (χ4v) is 2.57. The van der Waals surface area contributed by atoms with Gasteiger partial charge in [0.2, 0.25) is 5.91 Å². The van der Waals surface area contributed by atoms with Gasteiger partial charge in [-0.05, 0) is 16.7 Å². The van der Waals surface area contributed by atoms with Crippen LogP contribution in [0.4, 0.5) is 4.79 Å². The SMILES string of the molecule is O=C(NC1Cc2ccccc2CNC1=O)OCc1ccccc1. The van der Waals surface area contributed by atoms with Crippen molar-refractivity contribution < 1.29 is 14.3 Å². The first kappa shape index (κ1) is 15.1. The van der Waals surface area contributed by atoms with Crippen LogP contribution in [-0.4, -0.2) is 18.0 Å². The summed E-state index contributed by atoms with van der Waals surface area (Å²) in [5, 5.41) is 5.47. The molecule has 0 saturated carbocycles. The highest BCUT2D eigenvalue weighted by Crippen LogP contribution is 2.14. The predicted molar refractivity (Wildman–Crippen MR) is 85.5 cm³/mol. The molecule has 2 amide bonds. The van der Waals surface area contributed by atoms with E-state index in [-0.39, 0.29) is 12.5 Å². The maximum absolute atomic E-state index is 12.1. The van der Waals surface area contributed by atoms with Crippen molar-refractivity contribution in [2.24, 2.45) is 0 Å². The normalized spacial score (nSPS) is 16.7. The van der Waals surface area contributed by atoms with E-state index < -0.39 is 12.1 Å². The molecule has 1 aliphatic rings. The number of alkyl carbamates (subject to hydrolysis) is 1. The first-order valence-corrected chi connectivity index (χ1v) is 7.54. The van der Waals surface area contributed by atoms with Crippen LogP contribution in [0.5, 0.6) is 0 Å². The van der Waals surface area contributed by atoms with Gasteiger partial charge < -0.3 is 15.4 Å². The number of carbonyl (C=O) groups excluding carboxylic acids is 2. The summed E-state index contributed by atoms with van der Waals surface area (Å²) in [6, 6.07) is 16.6. The van der Waals surface area contributed by atoms with Crippen molar-refractivity contribution in [2.45, 2.75) is 25.6 Å². The fraction of sp³-hybridized carbons (Fsp3) is 0.222. The molecule has 0 bridgehead atoms. The van der Waals surface area contributed by atoms with E-state index in [1.807, 2.05) is 54.6 Å². The lowest BCUT2D eigenvalue weighted by Gasteiger charge is -2.15. The van der Waals surface area contributed by atoms with Crippen LogP contribution in [0.1, 0.15) is 16.7 Å². The third kappa shape index (κ3) is 3.88. The van der Waals surface area contributed by atoms with Crippen LogP contribution >= 0.6 is 0 Å². The van der Waals surface area contributed by atoms with Gasteiger partial charge in [0, 0.05) is 13.0 Å². The Labute approximate surface area is 134 Å². The van der Waals surface area contributed by atoms with Crippen molar-refractivity contribution in [2.75, 3.05) is 0 Å². The fourth-order valence-electron chi connectivity index (χ4n) is 2.57. The summed E-state index contributed by atoms with van der Waals surface area (Å²) >= 11 is 0. The summed E-state index contributed by atoms with van der Waals surface area (Å²) in [5.41, 5.74) is 3.03. The van der Waals surface area contributed by atoms with Crippen molar-refractivity contribution in [3.63, 3.8) is 0 Å². The van der Waals surface area contributed by atoms with Gasteiger partial charge in [0.15, 0.2) is 0 Å². The number of fused-ring (bicyclic) bond motifs is 1. The van der Waals surface area contributed by atoms with E-state index in [2.05, 4.69) is 10.6 Å². The third-order valence-corrected chi connectivity index (χ3v) is 3.82. The van der Waals surface area contributed by atoms with Crippen molar-refractivity contribution in [3.05, 3.63) is 71.3 Å².